The average molecular weight is 211 g/mol. The molecule has 3 nitrogen and oxygen atoms in total. The molecule has 0 radical (unpaired) electrons. The quantitative estimate of drug-likeness (QED) is 0.745. The largest absolute Gasteiger partial charge is 0.308 e. The van der Waals surface area contributed by atoms with Gasteiger partial charge in [0.2, 0.25) is 0 Å². The second-order valence-corrected chi connectivity index (χ2v) is 5.76. The minimum Gasteiger partial charge on any atom is -0.308 e. The fraction of sp³-hybridized carbons (Fsp3) is 0.400. The summed E-state index contributed by atoms with van der Waals surface area (Å²) >= 11 is 0. The molecule has 0 unspecified atom stereocenters. The summed E-state index contributed by atoms with van der Waals surface area (Å²) in [6, 6.07) is 9.67. The van der Waals surface area contributed by atoms with Crippen molar-refractivity contribution < 1.29 is 8.42 Å². The molecule has 1 fully saturated rings. The second kappa shape index (κ2) is 3.71. The molecule has 1 aromatic carbocycles. The molecule has 1 aliphatic rings. The van der Waals surface area contributed by atoms with E-state index >= 15 is 0 Å². The van der Waals surface area contributed by atoms with Crippen molar-refractivity contribution in [1.29, 1.82) is 0 Å². The first-order valence-corrected chi connectivity index (χ1v) is 6.48. The van der Waals surface area contributed by atoms with E-state index in [9.17, 15) is 8.42 Å². The van der Waals surface area contributed by atoms with Gasteiger partial charge in [0, 0.05) is 12.6 Å². The molecule has 1 aliphatic heterocycles. The average Bonchev–Trinajstić information content (AvgIpc) is 2.18. The highest BCUT2D eigenvalue weighted by Crippen LogP contribution is 2.17. The van der Waals surface area contributed by atoms with E-state index in [1.807, 2.05) is 30.3 Å². The number of hydrogen-bond acceptors (Lipinski definition) is 3. The Morgan fingerprint density at radius 2 is 1.93 bits per heavy atom. The van der Waals surface area contributed by atoms with Crippen molar-refractivity contribution in [3.63, 3.8) is 0 Å². The highest BCUT2D eigenvalue weighted by molar-refractivity contribution is 7.91. The maximum absolute atomic E-state index is 11.4. The molecular formula is C10H13NO2S. The van der Waals surface area contributed by atoms with Crippen molar-refractivity contribution in [3.8, 4) is 0 Å². The summed E-state index contributed by atoms with van der Waals surface area (Å²) in [5.74, 6) is 0.480. The summed E-state index contributed by atoms with van der Waals surface area (Å²) < 4.78 is 22.8. The Balaban J connectivity index is 2.21. The van der Waals surface area contributed by atoms with Gasteiger partial charge < -0.3 is 5.32 Å². The van der Waals surface area contributed by atoms with Crippen molar-refractivity contribution in [2.75, 3.05) is 18.1 Å². The van der Waals surface area contributed by atoms with Crippen molar-refractivity contribution in [1.82, 2.24) is 5.32 Å². The Labute approximate surface area is 84.1 Å². The summed E-state index contributed by atoms with van der Waals surface area (Å²) in [5, 5.41) is 3.21. The molecule has 0 spiro atoms. The smallest absolute Gasteiger partial charge is 0.153 e. The van der Waals surface area contributed by atoms with Gasteiger partial charge >= 0.3 is 0 Å². The van der Waals surface area contributed by atoms with E-state index in [2.05, 4.69) is 5.32 Å². The van der Waals surface area contributed by atoms with Crippen LogP contribution >= 0.6 is 0 Å². The molecular weight excluding hydrogens is 198 g/mol. The highest BCUT2D eigenvalue weighted by atomic mass is 32.2. The first kappa shape index (κ1) is 9.68. The SMILES string of the molecule is O=S1(=O)CCN[C@@H](c2ccccc2)C1. The van der Waals surface area contributed by atoms with Crippen LogP contribution in [0.15, 0.2) is 30.3 Å². The Kier molecular flexibility index (Phi) is 2.56. The Morgan fingerprint density at radius 1 is 1.21 bits per heavy atom. The van der Waals surface area contributed by atoms with Gasteiger partial charge in [0.25, 0.3) is 0 Å². The van der Waals surface area contributed by atoms with E-state index < -0.39 is 9.84 Å². The van der Waals surface area contributed by atoms with Crippen LogP contribution in [0.1, 0.15) is 11.6 Å². The van der Waals surface area contributed by atoms with Gasteiger partial charge in [-0.05, 0) is 5.56 Å². The Bertz CT molecular complexity index is 399. The van der Waals surface area contributed by atoms with Gasteiger partial charge in [0.15, 0.2) is 9.84 Å². The van der Waals surface area contributed by atoms with E-state index in [-0.39, 0.29) is 17.5 Å². The van der Waals surface area contributed by atoms with Crippen LogP contribution in [0.4, 0.5) is 0 Å². The summed E-state index contributed by atoms with van der Waals surface area (Å²) in [6.45, 7) is 0.557. The van der Waals surface area contributed by atoms with E-state index in [1.165, 1.54) is 0 Å². The van der Waals surface area contributed by atoms with Crippen LogP contribution < -0.4 is 5.32 Å². The van der Waals surface area contributed by atoms with Gasteiger partial charge in [-0.15, -0.1) is 0 Å². The van der Waals surface area contributed by atoms with E-state index in [0.717, 1.165) is 5.56 Å². The first-order valence-electron chi connectivity index (χ1n) is 4.66. The summed E-state index contributed by atoms with van der Waals surface area (Å²) in [7, 11) is -2.84. The van der Waals surface area contributed by atoms with Crippen LogP contribution in [-0.2, 0) is 9.84 Å². The van der Waals surface area contributed by atoms with Gasteiger partial charge in [-0.25, -0.2) is 8.42 Å². The highest BCUT2D eigenvalue weighted by Gasteiger charge is 2.24. The zero-order chi connectivity index (χ0) is 10.0. The lowest BCUT2D eigenvalue weighted by atomic mass is 10.1. The first-order chi connectivity index (χ1) is 6.67. The minimum atomic E-state index is -2.84. The maximum atomic E-state index is 11.4. The molecule has 1 saturated heterocycles. The normalized spacial score (nSPS) is 25.9. The lowest BCUT2D eigenvalue weighted by Gasteiger charge is -2.23. The summed E-state index contributed by atoms with van der Waals surface area (Å²) in [6.07, 6.45) is 0. The fourth-order valence-electron chi connectivity index (χ4n) is 1.68. The number of rotatable bonds is 1. The molecule has 0 aromatic heterocycles. The predicted molar refractivity (Wildman–Crippen MR) is 55.8 cm³/mol. The van der Waals surface area contributed by atoms with Gasteiger partial charge in [-0.2, -0.15) is 0 Å². The molecule has 14 heavy (non-hydrogen) atoms. The lowest BCUT2D eigenvalue weighted by molar-refractivity contribution is 0.531. The second-order valence-electron chi connectivity index (χ2n) is 3.53. The predicted octanol–water partition coefficient (Wildman–Crippen LogP) is 0.746. The lowest BCUT2D eigenvalue weighted by Crippen LogP contribution is -2.39. The Morgan fingerprint density at radius 3 is 2.57 bits per heavy atom. The molecule has 0 saturated carbocycles. The van der Waals surface area contributed by atoms with E-state index in [4.69, 9.17) is 0 Å². The molecule has 76 valence electrons. The topological polar surface area (TPSA) is 46.2 Å². The molecule has 1 heterocycles. The molecule has 0 bridgehead atoms. The number of hydrogen-bond donors (Lipinski definition) is 1. The zero-order valence-corrected chi connectivity index (χ0v) is 8.63. The fourth-order valence-corrected chi connectivity index (χ4v) is 3.10. The number of nitrogens with one attached hydrogen (secondary N) is 1. The van der Waals surface area contributed by atoms with Crippen LogP contribution in [0.25, 0.3) is 0 Å². The molecule has 1 atom stereocenters. The molecule has 1 aromatic rings. The number of benzene rings is 1. The van der Waals surface area contributed by atoms with Gasteiger partial charge in [0.1, 0.15) is 0 Å². The molecule has 2 rings (SSSR count). The van der Waals surface area contributed by atoms with Gasteiger partial charge in [0.05, 0.1) is 11.5 Å². The van der Waals surface area contributed by atoms with Crippen molar-refractivity contribution in [2.45, 2.75) is 6.04 Å². The minimum absolute atomic E-state index is 0.0325. The summed E-state index contributed by atoms with van der Waals surface area (Å²) in [4.78, 5) is 0. The maximum Gasteiger partial charge on any atom is 0.153 e. The van der Waals surface area contributed by atoms with Crippen molar-refractivity contribution >= 4 is 9.84 Å². The van der Waals surface area contributed by atoms with Crippen LogP contribution in [0, 0.1) is 0 Å². The van der Waals surface area contributed by atoms with Crippen LogP contribution in [0.3, 0.4) is 0 Å². The molecule has 0 amide bonds. The zero-order valence-electron chi connectivity index (χ0n) is 7.81. The van der Waals surface area contributed by atoms with Crippen LogP contribution in [0.2, 0.25) is 0 Å². The van der Waals surface area contributed by atoms with Gasteiger partial charge in [-0.1, -0.05) is 30.3 Å². The van der Waals surface area contributed by atoms with E-state index in [1.54, 1.807) is 0 Å². The van der Waals surface area contributed by atoms with Crippen molar-refractivity contribution in [2.24, 2.45) is 0 Å². The van der Waals surface area contributed by atoms with Gasteiger partial charge in [-0.3, -0.25) is 0 Å². The number of sulfone groups is 1. The van der Waals surface area contributed by atoms with Crippen LogP contribution in [-0.4, -0.2) is 26.5 Å². The third-order valence-corrected chi connectivity index (χ3v) is 4.09. The summed E-state index contributed by atoms with van der Waals surface area (Å²) in [5.41, 5.74) is 1.05. The third kappa shape index (κ3) is 2.13. The standard InChI is InChI=1S/C10H13NO2S/c12-14(13)7-6-11-10(8-14)9-4-2-1-3-5-9/h1-5,10-11H,6-8H2/t10-/m1/s1. The van der Waals surface area contributed by atoms with Crippen molar-refractivity contribution in [3.05, 3.63) is 35.9 Å². The monoisotopic (exact) mass is 211 g/mol. The molecule has 0 aliphatic carbocycles. The van der Waals surface area contributed by atoms with E-state index in [0.29, 0.717) is 6.54 Å². The third-order valence-electron chi connectivity index (χ3n) is 2.43. The van der Waals surface area contributed by atoms with Crippen LogP contribution in [0.5, 0.6) is 0 Å². The molecule has 1 N–H and O–H groups in total. The Hall–Kier alpha value is -0.870. The molecule has 4 heteroatoms.